The molecule has 5 nitrogen and oxygen atoms in total. The zero-order chi connectivity index (χ0) is 17.0. The Morgan fingerprint density at radius 2 is 1.83 bits per heavy atom. The maximum Gasteiger partial charge on any atom is 0.140 e. The fraction of sp³-hybridized carbons (Fsp3) is 0.500. The van der Waals surface area contributed by atoms with Crippen LogP contribution in [0.25, 0.3) is 11.4 Å². The number of nitrogens with zero attached hydrogens (tertiary/aromatic N) is 3. The third-order valence-electron chi connectivity index (χ3n) is 3.56. The third kappa shape index (κ3) is 4.99. The quantitative estimate of drug-likeness (QED) is 0.885. The molecule has 0 radical (unpaired) electrons. The van der Waals surface area contributed by atoms with E-state index in [1.54, 1.807) is 12.5 Å². The molecule has 0 fully saturated rings. The molecule has 0 aliphatic carbocycles. The summed E-state index contributed by atoms with van der Waals surface area (Å²) in [7, 11) is 0. The number of rotatable bonds is 6. The molecule has 23 heavy (non-hydrogen) atoms. The second kappa shape index (κ2) is 7.04. The summed E-state index contributed by atoms with van der Waals surface area (Å²) < 4.78 is 5.90. The second-order valence-corrected chi connectivity index (χ2v) is 6.92. The van der Waals surface area contributed by atoms with Crippen LogP contribution in [0.3, 0.4) is 0 Å². The molecule has 0 aliphatic heterocycles. The minimum Gasteiger partial charge on any atom is -0.490 e. The third-order valence-corrected chi connectivity index (χ3v) is 3.56. The van der Waals surface area contributed by atoms with Crippen LogP contribution in [0.4, 0.5) is 0 Å². The molecular formula is C18H26N4O. The standard InChI is InChI=1S/C18H26N4O/c1-12(2)8-18(5,19)10-23-17-9-20-15(6-13(17)3)16-7-14(4)21-11-22-16/h6-7,9,11-12H,8,10,19H2,1-5H3. The number of nitrogens with two attached hydrogens (primary N) is 1. The average molecular weight is 314 g/mol. The lowest BCUT2D eigenvalue weighted by Crippen LogP contribution is -2.43. The number of hydrogen-bond donors (Lipinski definition) is 1. The number of aryl methyl sites for hydroxylation is 2. The van der Waals surface area contributed by atoms with Crippen LogP contribution in [-0.4, -0.2) is 27.1 Å². The van der Waals surface area contributed by atoms with Gasteiger partial charge in [-0.3, -0.25) is 4.98 Å². The topological polar surface area (TPSA) is 73.9 Å². The molecule has 0 aromatic carbocycles. The second-order valence-electron chi connectivity index (χ2n) is 6.92. The van der Waals surface area contributed by atoms with Crippen LogP contribution in [-0.2, 0) is 0 Å². The van der Waals surface area contributed by atoms with E-state index >= 15 is 0 Å². The first-order valence-electron chi connectivity index (χ1n) is 7.94. The van der Waals surface area contributed by atoms with Crippen molar-refractivity contribution in [3.05, 3.63) is 35.9 Å². The summed E-state index contributed by atoms with van der Waals surface area (Å²) in [5, 5.41) is 0. The molecule has 2 rings (SSSR count). The van der Waals surface area contributed by atoms with Crippen LogP contribution in [0.2, 0.25) is 0 Å². The first-order chi connectivity index (χ1) is 10.8. The molecule has 2 aromatic heterocycles. The summed E-state index contributed by atoms with van der Waals surface area (Å²) >= 11 is 0. The van der Waals surface area contributed by atoms with Crippen LogP contribution in [0, 0.1) is 19.8 Å². The maximum absolute atomic E-state index is 6.29. The number of aromatic nitrogens is 3. The van der Waals surface area contributed by atoms with E-state index in [4.69, 9.17) is 10.5 Å². The maximum atomic E-state index is 6.29. The van der Waals surface area contributed by atoms with Gasteiger partial charge in [-0.15, -0.1) is 0 Å². The minimum absolute atomic E-state index is 0.344. The van der Waals surface area contributed by atoms with E-state index in [1.165, 1.54) is 0 Å². The molecule has 0 saturated heterocycles. The summed E-state index contributed by atoms with van der Waals surface area (Å²) in [6, 6.07) is 3.90. The van der Waals surface area contributed by atoms with Crippen molar-refractivity contribution in [3.8, 4) is 17.1 Å². The number of ether oxygens (including phenoxy) is 1. The zero-order valence-electron chi connectivity index (χ0n) is 14.6. The molecule has 2 heterocycles. The van der Waals surface area contributed by atoms with Gasteiger partial charge in [0.1, 0.15) is 18.7 Å². The monoisotopic (exact) mass is 314 g/mol. The summed E-state index contributed by atoms with van der Waals surface area (Å²) in [6.07, 6.45) is 4.21. The van der Waals surface area contributed by atoms with Crippen LogP contribution in [0.1, 0.15) is 38.4 Å². The van der Waals surface area contributed by atoms with Crippen molar-refractivity contribution in [1.82, 2.24) is 15.0 Å². The summed E-state index contributed by atoms with van der Waals surface area (Å²) in [4.78, 5) is 12.8. The molecule has 1 unspecified atom stereocenters. The van der Waals surface area contributed by atoms with Gasteiger partial charge in [-0.2, -0.15) is 0 Å². The fourth-order valence-corrected chi connectivity index (χ4v) is 2.66. The Bertz CT molecular complexity index is 668. The van der Waals surface area contributed by atoms with Crippen LogP contribution in [0.5, 0.6) is 5.75 Å². The van der Waals surface area contributed by atoms with Crippen molar-refractivity contribution < 1.29 is 4.74 Å². The van der Waals surface area contributed by atoms with E-state index < -0.39 is 0 Å². The van der Waals surface area contributed by atoms with Crippen molar-refractivity contribution in [3.63, 3.8) is 0 Å². The zero-order valence-corrected chi connectivity index (χ0v) is 14.6. The van der Waals surface area contributed by atoms with E-state index in [-0.39, 0.29) is 5.54 Å². The van der Waals surface area contributed by atoms with Crippen LogP contribution >= 0.6 is 0 Å². The van der Waals surface area contributed by atoms with Gasteiger partial charge in [0.25, 0.3) is 0 Å². The van der Waals surface area contributed by atoms with Crippen molar-refractivity contribution in [2.24, 2.45) is 11.7 Å². The molecule has 0 saturated carbocycles. The van der Waals surface area contributed by atoms with Crippen molar-refractivity contribution in [1.29, 1.82) is 0 Å². The Kier molecular flexibility index (Phi) is 5.31. The molecule has 0 aliphatic rings. The van der Waals surface area contributed by atoms with Gasteiger partial charge < -0.3 is 10.5 Å². The van der Waals surface area contributed by atoms with Crippen molar-refractivity contribution >= 4 is 0 Å². The Hall–Kier alpha value is -2.01. The van der Waals surface area contributed by atoms with Gasteiger partial charge in [0.05, 0.1) is 17.6 Å². The van der Waals surface area contributed by atoms with E-state index in [9.17, 15) is 0 Å². The highest BCUT2D eigenvalue weighted by molar-refractivity contribution is 5.56. The Morgan fingerprint density at radius 3 is 2.43 bits per heavy atom. The van der Waals surface area contributed by atoms with E-state index in [2.05, 4.69) is 28.8 Å². The Morgan fingerprint density at radius 1 is 1.13 bits per heavy atom. The highest BCUT2D eigenvalue weighted by Crippen LogP contribution is 2.24. The lowest BCUT2D eigenvalue weighted by molar-refractivity contribution is 0.205. The van der Waals surface area contributed by atoms with Gasteiger partial charge >= 0.3 is 0 Å². The molecule has 2 aromatic rings. The van der Waals surface area contributed by atoms with Crippen LogP contribution in [0.15, 0.2) is 24.7 Å². The molecule has 5 heteroatoms. The fourth-order valence-electron chi connectivity index (χ4n) is 2.66. The molecule has 124 valence electrons. The Balaban J connectivity index is 2.11. The van der Waals surface area contributed by atoms with E-state index in [0.29, 0.717) is 12.5 Å². The molecular weight excluding hydrogens is 288 g/mol. The van der Waals surface area contributed by atoms with Gasteiger partial charge in [0.15, 0.2) is 0 Å². The Labute approximate surface area is 138 Å². The smallest absolute Gasteiger partial charge is 0.140 e. The lowest BCUT2D eigenvalue weighted by atomic mass is 9.93. The first-order valence-corrected chi connectivity index (χ1v) is 7.94. The average Bonchev–Trinajstić information content (AvgIpc) is 2.44. The highest BCUT2D eigenvalue weighted by atomic mass is 16.5. The first kappa shape index (κ1) is 17.3. The largest absolute Gasteiger partial charge is 0.490 e. The molecule has 0 bridgehead atoms. The van der Waals surface area contributed by atoms with Gasteiger partial charge in [0.2, 0.25) is 0 Å². The number of hydrogen-bond acceptors (Lipinski definition) is 5. The normalized spacial score (nSPS) is 13.9. The van der Waals surface area contributed by atoms with Gasteiger partial charge in [0, 0.05) is 11.2 Å². The summed E-state index contributed by atoms with van der Waals surface area (Å²) in [5.41, 5.74) is 9.52. The molecule has 0 amide bonds. The van der Waals surface area contributed by atoms with E-state index in [0.717, 1.165) is 34.8 Å². The van der Waals surface area contributed by atoms with E-state index in [1.807, 2.05) is 32.9 Å². The predicted octanol–water partition coefficient (Wildman–Crippen LogP) is 3.30. The molecule has 1 atom stereocenters. The number of pyridine rings is 1. The van der Waals surface area contributed by atoms with Gasteiger partial charge in [-0.25, -0.2) is 9.97 Å². The van der Waals surface area contributed by atoms with Crippen LogP contribution < -0.4 is 10.5 Å². The molecule has 2 N–H and O–H groups in total. The van der Waals surface area contributed by atoms with Gasteiger partial charge in [-0.05, 0) is 50.8 Å². The molecule has 0 spiro atoms. The van der Waals surface area contributed by atoms with Gasteiger partial charge in [-0.1, -0.05) is 13.8 Å². The predicted molar refractivity (Wildman–Crippen MR) is 92.3 cm³/mol. The van der Waals surface area contributed by atoms with Crippen molar-refractivity contribution in [2.75, 3.05) is 6.61 Å². The SMILES string of the molecule is Cc1cc(-c2cc(C)c(OCC(C)(N)CC(C)C)cn2)ncn1. The lowest BCUT2D eigenvalue weighted by Gasteiger charge is -2.27. The minimum atomic E-state index is -0.344. The summed E-state index contributed by atoms with van der Waals surface area (Å²) in [6.45, 7) is 10.8. The highest BCUT2D eigenvalue weighted by Gasteiger charge is 2.21. The van der Waals surface area contributed by atoms with Crippen molar-refractivity contribution in [2.45, 2.75) is 46.6 Å². The summed E-state index contributed by atoms with van der Waals surface area (Å²) in [5.74, 6) is 1.30.